The van der Waals surface area contributed by atoms with E-state index in [1.165, 1.54) is 0 Å². The Balaban J connectivity index is 1.58. The molecule has 25 heavy (non-hydrogen) atoms. The molecule has 0 spiro atoms. The number of hydrogen-bond acceptors (Lipinski definition) is 4. The number of hydrogen-bond donors (Lipinski definition) is 2. The highest BCUT2D eigenvalue weighted by Gasteiger charge is 2.08. The lowest BCUT2D eigenvalue weighted by Gasteiger charge is -2.07. The molecule has 6 nitrogen and oxygen atoms in total. The second kappa shape index (κ2) is 7.61. The Morgan fingerprint density at radius 1 is 1.20 bits per heavy atom. The molecule has 0 unspecified atom stereocenters. The third-order valence-electron chi connectivity index (χ3n) is 3.88. The van der Waals surface area contributed by atoms with Gasteiger partial charge >= 0.3 is 0 Å². The van der Waals surface area contributed by atoms with Gasteiger partial charge in [0.15, 0.2) is 0 Å². The van der Waals surface area contributed by atoms with Crippen molar-refractivity contribution >= 4 is 16.9 Å². The molecule has 3 aromatic rings. The summed E-state index contributed by atoms with van der Waals surface area (Å²) >= 11 is 0. The number of nitrogens with one attached hydrogen (secondary N) is 2. The zero-order valence-corrected chi connectivity index (χ0v) is 13.9. The first-order valence-corrected chi connectivity index (χ1v) is 8.03. The number of amides is 1. The molecule has 0 aliphatic carbocycles. The van der Waals surface area contributed by atoms with E-state index in [1.54, 1.807) is 13.2 Å². The average molecular weight is 337 g/mol. The largest absolute Gasteiger partial charge is 0.497 e. The number of rotatable bonds is 6. The van der Waals surface area contributed by atoms with Crippen molar-refractivity contribution in [2.75, 3.05) is 7.11 Å². The quantitative estimate of drug-likeness (QED) is 0.722. The summed E-state index contributed by atoms with van der Waals surface area (Å²) in [6.07, 6.45) is 0.502. The lowest BCUT2D eigenvalue weighted by molar-refractivity contribution is -0.121. The van der Waals surface area contributed by atoms with E-state index >= 15 is 0 Å². The van der Waals surface area contributed by atoms with Crippen molar-refractivity contribution in [2.24, 2.45) is 0 Å². The van der Waals surface area contributed by atoms with Crippen molar-refractivity contribution in [1.29, 1.82) is 0 Å². The van der Waals surface area contributed by atoms with Crippen LogP contribution in [0.5, 0.6) is 5.75 Å². The van der Waals surface area contributed by atoms with Gasteiger partial charge in [0, 0.05) is 19.4 Å². The zero-order valence-electron chi connectivity index (χ0n) is 13.9. The van der Waals surface area contributed by atoms with Crippen molar-refractivity contribution < 1.29 is 9.53 Å². The van der Waals surface area contributed by atoms with Gasteiger partial charge in [-0.1, -0.05) is 24.3 Å². The van der Waals surface area contributed by atoms with Gasteiger partial charge in [-0.25, -0.2) is 4.98 Å². The summed E-state index contributed by atoms with van der Waals surface area (Å²) in [5, 5.41) is 2.84. The molecule has 0 aliphatic rings. The minimum Gasteiger partial charge on any atom is -0.497 e. The number of para-hydroxylation sites is 2. The Morgan fingerprint density at radius 2 is 2.04 bits per heavy atom. The molecule has 0 fully saturated rings. The molecule has 2 aromatic carbocycles. The van der Waals surface area contributed by atoms with Crippen LogP contribution in [-0.2, 0) is 17.8 Å². The standard InChI is InChI=1S/C19H19N3O3/c1-25-14-6-4-5-13(11-14)12-20-18(23)10-9-17-19(24)22-16-8-3-2-7-15(16)21-17/h2-8,11H,9-10,12H2,1H3,(H,20,23)(H,22,24). The molecule has 1 amide bonds. The molecule has 0 atom stereocenters. The summed E-state index contributed by atoms with van der Waals surface area (Å²) in [4.78, 5) is 31.2. The van der Waals surface area contributed by atoms with Gasteiger partial charge in [-0.2, -0.15) is 0 Å². The van der Waals surface area contributed by atoms with Gasteiger partial charge in [-0.15, -0.1) is 0 Å². The predicted molar refractivity (Wildman–Crippen MR) is 95.5 cm³/mol. The molecule has 1 aromatic heterocycles. The third kappa shape index (κ3) is 4.23. The number of carbonyl (C=O) groups is 1. The number of ether oxygens (including phenoxy) is 1. The number of aryl methyl sites for hydroxylation is 1. The van der Waals surface area contributed by atoms with Crippen LogP contribution in [0.4, 0.5) is 0 Å². The van der Waals surface area contributed by atoms with E-state index in [9.17, 15) is 9.59 Å². The lowest BCUT2D eigenvalue weighted by Crippen LogP contribution is -2.24. The van der Waals surface area contributed by atoms with Crippen molar-refractivity contribution in [3.63, 3.8) is 0 Å². The lowest BCUT2D eigenvalue weighted by atomic mass is 10.2. The van der Waals surface area contributed by atoms with Gasteiger partial charge in [0.2, 0.25) is 5.91 Å². The molecule has 0 saturated heterocycles. The molecule has 2 N–H and O–H groups in total. The Bertz CT molecular complexity index is 950. The normalized spacial score (nSPS) is 10.6. The van der Waals surface area contributed by atoms with Crippen LogP contribution in [0.1, 0.15) is 17.7 Å². The van der Waals surface area contributed by atoms with Crippen LogP contribution in [0.25, 0.3) is 11.0 Å². The summed E-state index contributed by atoms with van der Waals surface area (Å²) < 4.78 is 5.16. The highest BCUT2D eigenvalue weighted by molar-refractivity contribution is 5.76. The van der Waals surface area contributed by atoms with Crippen LogP contribution in [0, 0.1) is 0 Å². The van der Waals surface area contributed by atoms with E-state index in [4.69, 9.17) is 4.74 Å². The van der Waals surface area contributed by atoms with Crippen LogP contribution >= 0.6 is 0 Å². The van der Waals surface area contributed by atoms with Crippen LogP contribution in [0.15, 0.2) is 53.3 Å². The van der Waals surface area contributed by atoms with Gasteiger partial charge in [0.25, 0.3) is 5.56 Å². The molecule has 128 valence electrons. The summed E-state index contributed by atoms with van der Waals surface area (Å²) in [5.74, 6) is 0.621. The second-order valence-electron chi connectivity index (χ2n) is 5.66. The number of benzene rings is 2. The number of carbonyl (C=O) groups excluding carboxylic acids is 1. The van der Waals surface area contributed by atoms with Crippen molar-refractivity contribution in [1.82, 2.24) is 15.3 Å². The summed E-state index contributed by atoms with van der Waals surface area (Å²) in [5.41, 5.74) is 2.48. The highest BCUT2D eigenvalue weighted by Crippen LogP contribution is 2.12. The Hall–Kier alpha value is -3.15. The van der Waals surface area contributed by atoms with E-state index in [0.29, 0.717) is 29.7 Å². The van der Waals surface area contributed by atoms with E-state index < -0.39 is 0 Å². The number of methoxy groups -OCH3 is 1. The number of aromatic nitrogens is 2. The van der Waals surface area contributed by atoms with Gasteiger partial charge in [-0.3, -0.25) is 9.59 Å². The first kappa shape index (κ1) is 16.7. The van der Waals surface area contributed by atoms with Crippen molar-refractivity contribution in [3.8, 4) is 5.75 Å². The number of H-pyrrole nitrogens is 1. The Kier molecular flexibility index (Phi) is 5.09. The van der Waals surface area contributed by atoms with E-state index in [-0.39, 0.29) is 17.9 Å². The zero-order chi connectivity index (χ0) is 17.6. The molecular weight excluding hydrogens is 318 g/mol. The topological polar surface area (TPSA) is 84.1 Å². The van der Waals surface area contributed by atoms with Crippen molar-refractivity contribution in [3.05, 3.63) is 70.1 Å². The van der Waals surface area contributed by atoms with Crippen LogP contribution in [-0.4, -0.2) is 23.0 Å². The molecule has 0 bridgehead atoms. The maximum absolute atomic E-state index is 12.0. The fourth-order valence-corrected chi connectivity index (χ4v) is 2.54. The van der Waals surface area contributed by atoms with E-state index in [2.05, 4.69) is 15.3 Å². The number of aromatic amines is 1. The number of fused-ring (bicyclic) bond motifs is 1. The maximum Gasteiger partial charge on any atom is 0.270 e. The molecular formula is C19H19N3O3. The van der Waals surface area contributed by atoms with E-state index in [1.807, 2.05) is 42.5 Å². The van der Waals surface area contributed by atoms with E-state index in [0.717, 1.165) is 11.3 Å². The first-order chi connectivity index (χ1) is 12.2. The smallest absolute Gasteiger partial charge is 0.270 e. The molecule has 0 saturated carbocycles. The van der Waals surface area contributed by atoms with Crippen molar-refractivity contribution in [2.45, 2.75) is 19.4 Å². The van der Waals surface area contributed by atoms with Gasteiger partial charge in [0.1, 0.15) is 11.4 Å². The van der Waals surface area contributed by atoms with Crippen LogP contribution in [0.3, 0.4) is 0 Å². The molecule has 6 heteroatoms. The highest BCUT2D eigenvalue weighted by atomic mass is 16.5. The monoisotopic (exact) mass is 337 g/mol. The molecule has 0 aliphatic heterocycles. The summed E-state index contributed by atoms with van der Waals surface area (Å²) in [6, 6.07) is 14.8. The summed E-state index contributed by atoms with van der Waals surface area (Å²) in [7, 11) is 1.60. The molecule has 1 heterocycles. The Morgan fingerprint density at radius 3 is 2.88 bits per heavy atom. The minimum absolute atomic E-state index is 0.128. The third-order valence-corrected chi connectivity index (χ3v) is 3.88. The van der Waals surface area contributed by atoms with Crippen LogP contribution in [0.2, 0.25) is 0 Å². The summed E-state index contributed by atoms with van der Waals surface area (Å²) in [6.45, 7) is 0.414. The van der Waals surface area contributed by atoms with Gasteiger partial charge in [0.05, 0.1) is 18.1 Å². The minimum atomic E-state index is -0.251. The number of nitrogens with zero attached hydrogens (tertiary/aromatic N) is 1. The molecule has 3 rings (SSSR count). The van der Waals surface area contributed by atoms with Gasteiger partial charge in [-0.05, 0) is 29.8 Å². The van der Waals surface area contributed by atoms with Crippen LogP contribution < -0.4 is 15.6 Å². The van der Waals surface area contributed by atoms with Gasteiger partial charge < -0.3 is 15.0 Å². The average Bonchev–Trinajstić information content (AvgIpc) is 2.64. The second-order valence-corrected chi connectivity index (χ2v) is 5.66. The maximum atomic E-state index is 12.0. The molecule has 0 radical (unpaired) electrons. The predicted octanol–water partition coefficient (Wildman–Crippen LogP) is 2.18. The fourth-order valence-electron chi connectivity index (χ4n) is 2.54. The fraction of sp³-hybridized carbons (Fsp3) is 0.211. The first-order valence-electron chi connectivity index (χ1n) is 8.03. The Labute approximate surface area is 144 Å². The SMILES string of the molecule is COc1cccc(CNC(=O)CCc2nc3ccccc3[nH]c2=O)c1.